The number of phosphoric ester groups is 1. The van der Waals surface area contributed by atoms with Gasteiger partial charge in [-0.15, -0.1) is 0 Å². The maximum Gasteiger partial charge on any atom is 0.472 e. The number of aliphatic hydroxyl groups is 1. The summed E-state index contributed by atoms with van der Waals surface area (Å²) in [6.45, 7) is 4.43. The molecule has 0 aliphatic rings. The number of allylic oxidation sites excluding steroid dienone is 14. The van der Waals surface area contributed by atoms with Gasteiger partial charge in [-0.3, -0.25) is 23.4 Å². The van der Waals surface area contributed by atoms with E-state index in [9.17, 15) is 28.9 Å². The van der Waals surface area contributed by atoms with Crippen molar-refractivity contribution in [3.63, 3.8) is 0 Å². The topological polar surface area (TPSA) is 155 Å². The third-order valence-electron chi connectivity index (χ3n) is 13.8. The van der Waals surface area contributed by atoms with Crippen molar-refractivity contribution in [1.29, 1.82) is 0 Å². The number of aliphatic hydroxyl groups excluding tert-OH is 1. The van der Waals surface area contributed by atoms with Crippen LogP contribution < -0.4 is 0 Å². The lowest BCUT2D eigenvalue weighted by atomic mass is 10.0. The van der Waals surface area contributed by atoms with Gasteiger partial charge < -0.3 is 24.2 Å². The van der Waals surface area contributed by atoms with Crippen LogP contribution in [0.15, 0.2) is 85.1 Å². The van der Waals surface area contributed by atoms with Gasteiger partial charge in [-0.05, 0) is 89.9 Å². The van der Waals surface area contributed by atoms with Crippen LogP contribution in [0.4, 0.5) is 0 Å². The van der Waals surface area contributed by atoms with Gasteiger partial charge in [0.05, 0.1) is 19.8 Å². The van der Waals surface area contributed by atoms with E-state index in [1.54, 1.807) is 0 Å². The van der Waals surface area contributed by atoms with Gasteiger partial charge in [-0.1, -0.05) is 266 Å². The van der Waals surface area contributed by atoms with E-state index in [4.69, 9.17) is 23.3 Å². The molecule has 3 unspecified atom stereocenters. The second kappa shape index (κ2) is 61.7. The summed E-state index contributed by atoms with van der Waals surface area (Å²) in [4.78, 5) is 48.8. The van der Waals surface area contributed by atoms with Gasteiger partial charge in [0.15, 0.2) is 6.10 Å². The molecule has 0 fully saturated rings. The summed E-state index contributed by atoms with van der Waals surface area (Å²) < 4.78 is 39.7. The van der Waals surface area contributed by atoms with Gasteiger partial charge in [0.1, 0.15) is 12.7 Å². The smallest absolute Gasteiger partial charge is 0.462 e. The fourth-order valence-electron chi connectivity index (χ4n) is 8.95. The van der Waals surface area contributed by atoms with Crippen LogP contribution in [0.3, 0.4) is 0 Å². The van der Waals surface area contributed by atoms with Crippen LogP contribution in [0.5, 0.6) is 0 Å². The molecule has 0 aromatic rings. The molecule has 0 saturated carbocycles. The molecule has 0 spiro atoms. The number of carbonyl (C=O) groups excluding carboxylic acids is 3. The van der Waals surface area contributed by atoms with Crippen LogP contribution in [0, 0.1) is 0 Å². The molecule has 0 aromatic carbocycles. The molecular weight excluding hydrogens is 1020 g/mol. The Hall–Kier alpha value is -3.34. The monoisotopic (exact) mass is 1140 g/mol. The van der Waals surface area contributed by atoms with Crippen LogP contribution in [-0.4, -0.2) is 66.5 Å². The maximum atomic E-state index is 13.0. The maximum absolute atomic E-state index is 13.0. The minimum atomic E-state index is -4.76. The van der Waals surface area contributed by atoms with Gasteiger partial charge >= 0.3 is 25.7 Å². The van der Waals surface area contributed by atoms with Crippen molar-refractivity contribution < 1.29 is 52.2 Å². The standard InChI is InChI=1S/C68H119O11P/c1-4-7-10-13-16-19-22-25-28-31-32-35-38-41-44-47-50-53-56-59-68(72)79-65(61-75-66(70)57-54-51-48-45-42-39-36-33-29-26-23-20-17-14-11-8-5-2)63-77-80(73,74)76-62-64(60-69)78-67(71)58-55-52-49-46-43-40-37-34-30-27-24-21-18-15-12-9-6-3/h8-9,11-12,17-18,20-21,26-27,29-30,36,39,64-65,69H,4-7,10,13-16,19,22-25,28,31-35,37-38,40-63H2,1-3H3,(H,73,74)/b11-8-,12-9-,20-17-,21-18-,29-26-,30-27-,39-36-. The minimum Gasteiger partial charge on any atom is -0.462 e. The summed E-state index contributed by atoms with van der Waals surface area (Å²) >= 11 is 0. The quantitative estimate of drug-likeness (QED) is 0.0197. The Kier molecular flexibility index (Phi) is 59.1. The number of esters is 3. The third kappa shape index (κ3) is 59.3. The lowest BCUT2D eigenvalue weighted by Gasteiger charge is -2.21. The summed E-state index contributed by atoms with van der Waals surface area (Å²) in [7, 11) is -4.76. The molecule has 0 aromatic heterocycles. The number of hydrogen-bond acceptors (Lipinski definition) is 10. The Balaban J connectivity index is 4.72. The molecule has 0 radical (unpaired) electrons. The van der Waals surface area contributed by atoms with Gasteiger partial charge in [0.25, 0.3) is 0 Å². The van der Waals surface area contributed by atoms with Crippen molar-refractivity contribution in [1.82, 2.24) is 0 Å². The predicted octanol–water partition coefficient (Wildman–Crippen LogP) is 19.8. The van der Waals surface area contributed by atoms with Gasteiger partial charge in [-0.25, -0.2) is 4.57 Å². The zero-order valence-corrected chi connectivity index (χ0v) is 52.2. The fourth-order valence-corrected chi connectivity index (χ4v) is 9.74. The number of unbranched alkanes of at least 4 members (excludes halogenated alkanes) is 29. The van der Waals surface area contributed by atoms with E-state index in [1.165, 1.54) is 109 Å². The van der Waals surface area contributed by atoms with E-state index in [-0.39, 0.29) is 25.9 Å². The molecule has 0 bridgehead atoms. The van der Waals surface area contributed by atoms with Crippen LogP contribution in [0.1, 0.15) is 290 Å². The van der Waals surface area contributed by atoms with Gasteiger partial charge in [0, 0.05) is 19.3 Å². The highest BCUT2D eigenvalue weighted by Crippen LogP contribution is 2.43. The van der Waals surface area contributed by atoms with E-state index in [0.717, 1.165) is 122 Å². The zero-order chi connectivity index (χ0) is 58.3. The number of ether oxygens (including phenoxy) is 3. The van der Waals surface area contributed by atoms with Crippen molar-refractivity contribution in [2.75, 3.05) is 26.4 Å². The lowest BCUT2D eigenvalue weighted by Crippen LogP contribution is -2.30. The van der Waals surface area contributed by atoms with E-state index in [1.807, 2.05) is 0 Å². The van der Waals surface area contributed by atoms with E-state index in [0.29, 0.717) is 19.3 Å². The molecule has 12 heteroatoms. The molecular formula is C68H119O11P. The van der Waals surface area contributed by atoms with Crippen molar-refractivity contribution in [3.8, 4) is 0 Å². The summed E-state index contributed by atoms with van der Waals surface area (Å²) in [5, 5.41) is 9.86. The van der Waals surface area contributed by atoms with E-state index in [2.05, 4.69) is 106 Å². The molecule has 0 amide bonds. The molecule has 462 valence electrons. The number of rotatable bonds is 60. The highest BCUT2D eigenvalue weighted by atomic mass is 31.2. The Morgan fingerprint density at radius 2 is 0.650 bits per heavy atom. The summed E-state index contributed by atoms with van der Waals surface area (Å²) in [6.07, 6.45) is 72.5. The number of hydrogen-bond donors (Lipinski definition) is 2. The minimum absolute atomic E-state index is 0.162. The lowest BCUT2D eigenvalue weighted by molar-refractivity contribution is -0.161. The first-order valence-corrected chi connectivity index (χ1v) is 34.0. The van der Waals surface area contributed by atoms with Gasteiger partial charge in [-0.2, -0.15) is 0 Å². The molecule has 0 aliphatic heterocycles. The van der Waals surface area contributed by atoms with Crippen LogP contribution in [-0.2, 0) is 42.2 Å². The van der Waals surface area contributed by atoms with Crippen molar-refractivity contribution in [3.05, 3.63) is 85.1 Å². The first-order valence-electron chi connectivity index (χ1n) is 32.5. The van der Waals surface area contributed by atoms with Crippen molar-refractivity contribution >= 4 is 25.7 Å². The van der Waals surface area contributed by atoms with Crippen molar-refractivity contribution in [2.24, 2.45) is 0 Å². The highest BCUT2D eigenvalue weighted by Gasteiger charge is 2.28. The fraction of sp³-hybridized carbons (Fsp3) is 0.750. The van der Waals surface area contributed by atoms with Crippen LogP contribution >= 0.6 is 7.82 Å². The Morgan fingerprint density at radius 1 is 0.362 bits per heavy atom. The van der Waals surface area contributed by atoms with E-state index >= 15 is 0 Å². The molecule has 0 heterocycles. The summed E-state index contributed by atoms with van der Waals surface area (Å²) in [5.74, 6) is -1.49. The first-order chi connectivity index (χ1) is 39.2. The Bertz CT molecular complexity index is 1670. The van der Waals surface area contributed by atoms with Gasteiger partial charge in [0.2, 0.25) is 0 Å². The SMILES string of the molecule is CC/C=C\C/C=C\C/C=C\C/C=C\CCCCCCC(=O)OCC(COP(=O)(O)OCC(CO)OC(=O)CCCCCCCCC/C=C\C/C=C\C/C=C\CC)OC(=O)CCCCCCCCCCCCCCCCCCCCC. The third-order valence-corrected chi connectivity index (χ3v) is 14.8. The average Bonchev–Trinajstić information content (AvgIpc) is 3.45. The molecule has 0 aliphatic carbocycles. The second-order valence-corrected chi connectivity index (χ2v) is 23.0. The number of phosphoric acid groups is 1. The molecule has 3 atom stereocenters. The second-order valence-electron chi connectivity index (χ2n) is 21.5. The Labute approximate surface area is 490 Å². The average molecular weight is 1140 g/mol. The van der Waals surface area contributed by atoms with E-state index < -0.39 is 57.8 Å². The largest absolute Gasteiger partial charge is 0.472 e. The van der Waals surface area contributed by atoms with Crippen LogP contribution in [0.2, 0.25) is 0 Å². The zero-order valence-electron chi connectivity index (χ0n) is 51.3. The Morgan fingerprint density at radius 3 is 1.00 bits per heavy atom. The first kappa shape index (κ1) is 76.7. The predicted molar refractivity (Wildman–Crippen MR) is 334 cm³/mol. The van der Waals surface area contributed by atoms with Crippen molar-refractivity contribution in [2.45, 2.75) is 303 Å². The summed E-state index contributed by atoms with van der Waals surface area (Å²) in [5.41, 5.74) is 0. The number of carbonyl (C=O) groups is 3. The highest BCUT2D eigenvalue weighted by molar-refractivity contribution is 7.47. The molecule has 2 N–H and O–H groups in total. The molecule has 80 heavy (non-hydrogen) atoms. The summed E-state index contributed by atoms with van der Waals surface area (Å²) in [6, 6.07) is 0. The normalized spacial score (nSPS) is 13.8. The van der Waals surface area contributed by atoms with Crippen LogP contribution in [0.25, 0.3) is 0 Å². The molecule has 0 saturated heterocycles. The molecule has 0 rings (SSSR count). The molecule has 11 nitrogen and oxygen atoms in total.